The van der Waals surface area contributed by atoms with Gasteiger partial charge in [-0.15, -0.1) is 0 Å². The molecule has 1 aromatic carbocycles. The first-order valence-corrected chi connectivity index (χ1v) is 12.4. The van der Waals surface area contributed by atoms with E-state index >= 15 is 0 Å². The standard InChI is InChI=1S/C23H34N4.C2H6.CH5N/c1-4-6-15-23(5-2)17(3)26(20-13-9-7-11-18(20)23)16-22-25-19-12-8-10-14-21(19)27(22)24;2*1-2/h8,10,12,14,18,20H,3-7,9,11,13,15-16,24H2,1-2H3;1-2H3;2H2,1H3. The molecule has 4 rings (SSSR count). The number of unbranched alkanes of at least 4 members (excludes halogenated alkanes) is 1. The average molecular weight is 428 g/mol. The lowest BCUT2D eigenvalue weighted by Crippen LogP contribution is -2.36. The molecular weight excluding hydrogens is 382 g/mol. The Morgan fingerprint density at radius 3 is 2.45 bits per heavy atom. The van der Waals surface area contributed by atoms with Crippen LogP contribution in [-0.4, -0.2) is 27.6 Å². The van der Waals surface area contributed by atoms with Crippen LogP contribution in [0.4, 0.5) is 0 Å². The van der Waals surface area contributed by atoms with Gasteiger partial charge in [-0.2, -0.15) is 0 Å². The molecule has 1 aromatic heterocycles. The van der Waals surface area contributed by atoms with Crippen molar-refractivity contribution in [2.75, 3.05) is 12.9 Å². The van der Waals surface area contributed by atoms with Crippen molar-refractivity contribution in [2.45, 2.75) is 91.6 Å². The number of rotatable bonds is 6. The van der Waals surface area contributed by atoms with Crippen LogP contribution in [0.15, 0.2) is 36.5 Å². The Labute approximate surface area is 189 Å². The smallest absolute Gasteiger partial charge is 0.147 e. The minimum absolute atomic E-state index is 0.270. The summed E-state index contributed by atoms with van der Waals surface area (Å²) in [5.74, 6) is 8.10. The average Bonchev–Trinajstić information content (AvgIpc) is 3.28. The lowest BCUT2D eigenvalue weighted by molar-refractivity contribution is 0.137. The van der Waals surface area contributed by atoms with Crippen molar-refractivity contribution in [1.29, 1.82) is 0 Å². The van der Waals surface area contributed by atoms with E-state index in [1.807, 2.05) is 38.1 Å². The van der Waals surface area contributed by atoms with Gasteiger partial charge in [-0.1, -0.05) is 72.1 Å². The zero-order valence-electron chi connectivity index (χ0n) is 20.5. The molecule has 174 valence electrons. The highest BCUT2D eigenvalue weighted by Crippen LogP contribution is 2.57. The van der Waals surface area contributed by atoms with E-state index in [0.29, 0.717) is 6.04 Å². The number of likely N-dealkylation sites (tertiary alicyclic amines) is 1. The Morgan fingerprint density at radius 2 is 1.81 bits per heavy atom. The van der Waals surface area contributed by atoms with Gasteiger partial charge < -0.3 is 16.5 Å². The maximum Gasteiger partial charge on any atom is 0.147 e. The lowest BCUT2D eigenvalue weighted by Gasteiger charge is -2.38. The molecule has 0 spiro atoms. The molecule has 2 heterocycles. The summed E-state index contributed by atoms with van der Waals surface area (Å²) in [6.45, 7) is 14.1. The number of para-hydroxylation sites is 2. The molecule has 2 fully saturated rings. The molecule has 4 N–H and O–H groups in total. The van der Waals surface area contributed by atoms with Crippen LogP contribution in [0.3, 0.4) is 0 Å². The third-order valence-corrected chi connectivity index (χ3v) is 7.35. The topological polar surface area (TPSA) is 73.1 Å². The van der Waals surface area contributed by atoms with Crippen molar-refractivity contribution in [2.24, 2.45) is 17.1 Å². The molecular formula is C26H45N5. The van der Waals surface area contributed by atoms with E-state index in [9.17, 15) is 0 Å². The minimum Gasteiger partial charge on any atom is -0.364 e. The van der Waals surface area contributed by atoms with Gasteiger partial charge in [0.2, 0.25) is 0 Å². The fourth-order valence-corrected chi connectivity index (χ4v) is 5.86. The summed E-state index contributed by atoms with van der Waals surface area (Å²) in [6, 6.07) is 8.74. The molecule has 0 radical (unpaired) electrons. The van der Waals surface area contributed by atoms with Crippen molar-refractivity contribution in [1.82, 2.24) is 14.6 Å². The third-order valence-electron chi connectivity index (χ3n) is 7.35. The fourth-order valence-electron chi connectivity index (χ4n) is 5.86. The first-order valence-electron chi connectivity index (χ1n) is 12.4. The molecule has 1 saturated heterocycles. The van der Waals surface area contributed by atoms with Gasteiger partial charge in [-0.25, -0.2) is 9.66 Å². The Kier molecular flexibility index (Phi) is 9.42. The van der Waals surface area contributed by atoms with Crippen molar-refractivity contribution in [3.05, 3.63) is 42.4 Å². The Morgan fingerprint density at radius 1 is 1.13 bits per heavy atom. The monoisotopic (exact) mass is 427 g/mol. The van der Waals surface area contributed by atoms with Gasteiger partial charge in [0, 0.05) is 17.2 Å². The van der Waals surface area contributed by atoms with Crippen LogP contribution < -0.4 is 11.6 Å². The van der Waals surface area contributed by atoms with Gasteiger partial charge in [0.1, 0.15) is 5.82 Å². The quantitative estimate of drug-likeness (QED) is 0.569. The summed E-state index contributed by atoms with van der Waals surface area (Å²) in [4.78, 5) is 7.42. The number of allylic oxidation sites excluding steroid dienone is 1. The first-order chi connectivity index (χ1) is 15.1. The van der Waals surface area contributed by atoms with Crippen molar-refractivity contribution >= 4 is 11.0 Å². The van der Waals surface area contributed by atoms with Crippen LogP contribution in [-0.2, 0) is 6.54 Å². The van der Waals surface area contributed by atoms with Gasteiger partial charge in [-0.05, 0) is 50.8 Å². The molecule has 0 bridgehead atoms. The Bertz CT molecular complexity index is 826. The van der Waals surface area contributed by atoms with E-state index in [0.717, 1.165) is 29.3 Å². The number of imidazole rings is 1. The van der Waals surface area contributed by atoms with Gasteiger partial charge in [-0.3, -0.25) is 0 Å². The van der Waals surface area contributed by atoms with E-state index in [1.165, 1.54) is 64.1 Å². The fraction of sp³-hybridized carbons (Fsp3) is 0.654. The number of hydrogen-bond acceptors (Lipinski definition) is 4. The van der Waals surface area contributed by atoms with Crippen molar-refractivity contribution < 1.29 is 0 Å². The summed E-state index contributed by atoms with van der Waals surface area (Å²) in [5.41, 5.74) is 8.10. The second kappa shape index (κ2) is 11.6. The molecule has 3 unspecified atom stereocenters. The normalized spacial score (nSPS) is 24.8. The third kappa shape index (κ3) is 4.62. The van der Waals surface area contributed by atoms with Crippen LogP contribution in [0.2, 0.25) is 0 Å². The number of hydrogen-bond donors (Lipinski definition) is 2. The van der Waals surface area contributed by atoms with E-state index in [2.05, 4.69) is 31.1 Å². The predicted octanol–water partition coefficient (Wildman–Crippen LogP) is 5.83. The van der Waals surface area contributed by atoms with Crippen LogP contribution in [0.1, 0.15) is 84.9 Å². The van der Waals surface area contributed by atoms with Crippen LogP contribution in [0.25, 0.3) is 11.0 Å². The number of nitrogen functional groups attached to an aromatic ring is 1. The van der Waals surface area contributed by atoms with E-state index < -0.39 is 0 Å². The minimum atomic E-state index is 0.270. The molecule has 5 nitrogen and oxygen atoms in total. The van der Waals surface area contributed by atoms with Gasteiger partial charge in [0.25, 0.3) is 0 Å². The summed E-state index contributed by atoms with van der Waals surface area (Å²) in [6.07, 6.45) is 10.3. The van der Waals surface area contributed by atoms with E-state index in [-0.39, 0.29) is 5.41 Å². The largest absolute Gasteiger partial charge is 0.364 e. The van der Waals surface area contributed by atoms with Gasteiger partial charge in [0.05, 0.1) is 17.6 Å². The highest BCUT2D eigenvalue weighted by atomic mass is 15.4. The number of fused-ring (bicyclic) bond motifs is 2. The zero-order valence-corrected chi connectivity index (χ0v) is 20.5. The number of benzene rings is 1. The summed E-state index contributed by atoms with van der Waals surface area (Å²) >= 11 is 0. The maximum absolute atomic E-state index is 6.41. The van der Waals surface area contributed by atoms with Crippen LogP contribution in [0, 0.1) is 11.3 Å². The molecule has 2 aliphatic rings. The lowest BCUT2D eigenvalue weighted by atomic mass is 9.65. The predicted molar refractivity (Wildman–Crippen MR) is 134 cm³/mol. The molecule has 5 heteroatoms. The van der Waals surface area contributed by atoms with Gasteiger partial charge >= 0.3 is 0 Å². The summed E-state index contributed by atoms with van der Waals surface area (Å²) < 4.78 is 1.78. The van der Waals surface area contributed by atoms with Crippen molar-refractivity contribution in [3.63, 3.8) is 0 Å². The number of nitrogens with zero attached hydrogens (tertiary/aromatic N) is 3. The Hall–Kier alpha value is -2.01. The first kappa shape index (κ1) is 25.3. The number of nitrogens with two attached hydrogens (primary N) is 2. The van der Waals surface area contributed by atoms with Crippen LogP contribution >= 0.6 is 0 Å². The highest BCUT2D eigenvalue weighted by molar-refractivity contribution is 5.75. The molecule has 31 heavy (non-hydrogen) atoms. The van der Waals surface area contributed by atoms with Crippen molar-refractivity contribution in [3.8, 4) is 0 Å². The molecule has 1 saturated carbocycles. The van der Waals surface area contributed by atoms with E-state index in [4.69, 9.17) is 10.8 Å². The van der Waals surface area contributed by atoms with Gasteiger partial charge in [0.15, 0.2) is 0 Å². The second-order valence-corrected chi connectivity index (χ2v) is 8.53. The summed E-state index contributed by atoms with van der Waals surface area (Å²) in [7, 11) is 1.50. The van der Waals surface area contributed by atoms with Crippen LogP contribution in [0.5, 0.6) is 0 Å². The Balaban J connectivity index is 0.000000807. The second-order valence-electron chi connectivity index (χ2n) is 8.53. The molecule has 0 amide bonds. The zero-order chi connectivity index (χ0) is 23.0. The number of aromatic nitrogens is 2. The maximum atomic E-state index is 6.41. The molecule has 3 atom stereocenters. The SMILES string of the molecule is C=C1N(Cc2nc3ccccc3n2N)C2CCCCC2C1(CC)CCCC.CC.CN. The van der Waals surface area contributed by atoms with E-state index in [1.54, 1.807) is 4.68 Å². The summed E-state index contributed by atoms with van der Waals surface area (Å²) in [5, 5.41) is 0. The molecule has 2 aromatic rings. The molecule has 1 aliphatic carbocycles. The highest BCUT2D eigenvalue weighted by Gasteiger charge is 2.53. The molecule has 1 aliphatic heterocycles.